The average molecular weight is 280 g/mol. The number of nitrogens with one attached hydrogen (secondary N) is 1. The maximum absolute atomic E-state index is 12.2. The van der Waals surface area contributed by atoms with Gasteiger partial charge in [-0.2, -0.15) is 5.10 Å². The molecular weight excluding hydrogens is 264 g/mol. The zero-order valence-corrected chi connectivity index (χ0v) is 11.3. The highest BCUT2D eigenvalue weighted by molar-refractivity contribution is 5.91. The summed E-state index contributed by atoms with van der Waals surface area (Å²) >= 11 is 0. The molecule has 0 aliphatic carbocycles. The molecule has 1 aliphatic heterocycles. The molecule has 0 bridgehead atoms. The number of rotatable bonds is 3. The van der Waals surface area contributed by atoms with E-state index in [-0.39, 0.29) is 25.5 Å². The number of carboxylic acid groups (broad SMARTS) is 1. The fourth-order valence-corrected chi connectivity index (χ4v) is 2.18. The summed E-state index contributed by atoms with van der Waals surface area (Å²) in [5, 5.41) is 15.7. The molecule has 2 N–H and O–H groups in total. The van der Waals surface area contributed by atoms with Gasteiger partial charge >= 0.3 is 5.97 Å². The number of carbonyl (C=O) groups is 3. The lowest BCUT2D eigenvalue weighted by Gasteiger charge is -2.32. The van der Waals surface area contributed by atoms with Gasteiger partial charge in [0.25, 0.3) is 0 Å². The highest BCUT2D eigenvalue weighted by Gasteiger charge is 2.35. The molecule has 1 aliphatic rings. The van der Waals surface area contributed by atoms with E-state index >= 15 is 0 Å². The Morgan fingerprint density at radius 1 is 1.50 bits per heavy atom. The van der Waals surface area contributed by atoms with E-state index < -0.39 is 17.9 Å². The Morgan fingerprint density at radius 3 is 2.75 bits per heavy atom. The van der Waals surface area contributed by atoms with E-state index in [0.29, 0.717) is 0 Å². The SMILES string of the molecule is Cc1cc(C)n(CC(=O)N2CC(=O)NCC2C(=O)O)n1. The molecule has 1 aromatic rings. The van der Waals surface area contributed by atoms with Gasteiger partial charge in [0.2, 0.25) is 11.8 Å². The number of aromatic nitrogens is 2. The van der Waals surface area contributed by atoms with Crippen LogP contribution in [0.2, 0.25) is 0 Å². The summed E-state index contributed by atoms with van der Waals surface area (Å²) in [4.78, 5) is 35.8. The zero-order chi connectivity index (χ0) is 14.9. The predicted molar refractivity (Wildman–Crippen MR) is 67.8 cm³/mol. The van der Waals surface area contributed by atoms with Gasteiger partial charge in [0.05, 0.1) is 5.69 Å². The van der Waals surface area contributed by atoms with Crippen molar-refractivity contribution in [2.75, 3.05) is 13.1 Å². The van der Waals surface area contributed by atoms with Crippen molar-refractivity contribution in [3.8, 4) is 0 Å². The van der Waals surface area contributed by atoms with E-state index in [4.69, 9.17) is 5.11 Å². The van der Waals surface area contributed by atoms with Crippen molar-refractivity contribution >= 4 is 17.8 Å². The van der Waals surface area contributed by atoms with Crippen molar-refractivity contribution in [2.24, 2.45) is 0 Å². The van der Waals surface area contributed by atoms with Crippen molar-refractivity contribution in [3.63, 3.8) is 0 Å². The summed E-state index contributed by atoms with van der Waals surface area (Å²) in [6.45, 7) is 3.23. The summed E-state index contributed by atoms with van der Waals surface area (Å²) in [5.41, 5.74) is 1.59. The fourth-order valence-electron chi connectivity index (χ4n) is 2.18. The van der Waals surface area contributed by atoms with Gasteiger partial charge in [-0.05, 0) is 19.9 Å². The number of nitrogens with zero attached hydrogens (tertiary/aromatic N) is 3. The van der Waals surface area contributed by atoms with Crippen LogP contribution in [0, 0.1) is 13.8 Å². The number of aryl methyl sites for hydroxylation is 2. The molecule has 1 aromatic heterocycles. The van der Waals surface area contributed by atoms with Gasteiger partial charge in [-0.1, -0.05) is 0 Å². The standard InChI is InChI=1S/C12H16N4O4/c1-7-3-8(2)16(14-7)6-11(18)15-5-10(17)13-4-9(15)12(19)20/h3,9H,4-6H2,1-2H3,(H,13,17)(H,19,20). The minimum atomic E-state index is -1.13. The monoisotopic (exact) mass is 280 g/mol. The summed E-state index contributed by atoms with van der Waals surface area (Å²) in [6.07, 6.45) is 0. The molecule has 1 fully saturated rings. The molecule has 1 unspecified atom stereocenters. The van der Waals surface area contributed by atoms with Crippen molar-refractivity contribution in [3.05, 3.63) is 17.5 Å². The summed E-state index contributed by atoms with van der Waals surface area (Å²) < 4.78 is 1.50. The van der Waals surface area contributed by atoms with Crippen LogP contribution in [0.5, 0.6) is 0 Å². The first-order valence-corrected chi connectivity index (χ1v) is 6.18. The van der Waals surface area contributed by atoms with Crippen molar-refractivity contribution in [1.82, 2.24) is 20.0 Å². The molecule has 0 spiro atoms. The maximum atomic E-state index is 12.2. The van der Waals surface area contributed by atoms with Gasteiger partial charge in [-0.3, -0.25) is 14.3 Å². The first-order valence-electron chi connectivity index (χ1n) is 6.18. The second kappa shape index (κ2) is 5.32. The number of aliphatic carboxylic acids is 1. The predicted octanol–water partition coefficient (Wildman–Crippen LogP) is -1.09. The van der Waals surface area contributed by atoms with Gasteiger partial charge in [0.1, 0.15) is 19.1 Å². The maximum Gasteiger partial charge on any atom is 0.328 e. The van der Waals surface area contributed by atoms with Crippen LogP contribution in [0.4, 0.5) is 0 Å². The normalized spacial score (nSPS) is 18.8. The van der Waals surface area contributed by atoms with Gasteiger partial charge < -0.3 is 15.3 Å². The fraction of sp³-hybridized carbons (Fsp3) is 0.500. The number of amides is 2. The van der Waals surface area contributed by atoms with Crippen LogP contribution in [0.15, 0.2) is 6.07 Å². The van der Waals surface area contributed by atoms with E-state index in [1.54, 1.807) is 0 Å². The van der Waals surface area contributed by atoms with E-state index in [2.05, 4.69) is 10.4 Å². The van der Waals surface area contributed by atoms with Crippen molar-refractivity contribution in [2.45, 2.75) is 26.4 Å². The number of hydrogen-bond donors (Lipinski definition) is 2. The van der Waals surface area contributed by atoms with Crippen molar-refractivity contribution in [1.29, 1.82) is 0 Å². The lowest BCUT2D eigenvalue weighted by molar-refractivity contribution is -0.154. The number of carboxylic acids is 1. The lowest BCUT2D eigenvalue weighted by atomic mass is 10.2. The third-order valence-corrected chi connectivity index (χ3v) is 3.18. The Labute approximate surface area is 115 Å². The summed E-state index contributed by atoms with van der Waals surface area (Å²) in [7, 11) is 0. The Balaban J connectivity index is 2.15. The third-order valence-electron chi connectivity index (χ3n) is 3.18. The van der Waals surface area contributed by atoms with E-state index in [1.807, 2.05) is 19.9 Å². The Kier molecular flexibility index (Phi) is 3.73. The molecular formula is C12H16N4O4. The van der Waals surface area contributed by atoms with Crippen LogP contribution < -0.4 is 5.32 Å². The molecule has 8 nitrogen and oxygen atoms in total. The molecule has 2 amide bonds. The van der Waals surface area contributed by atoms with Crippen LogP contribution in [-0.4, -0.2) is 56.7 Å². The smallest absolute Gasteiger partial charge is 0.328 e. The molecule has 8 heteroatoms. The Hall–Kier alpha value is -2.38. The number of hydrogen-bond acceptors (Lipinski definition) is 4. The second-order valence-electron chi connectivity index (χ2n) is 4.76. The lowest BCUT2D eigenvalue weighted by Crippen LogP contribution is -2.59. The van der Waals surface area contributed by atoms with Crippen molar-refractivity contribution < 1.29 is 19.5 Å². The third kappa shape index (κ3) is 2.79. The van der Waals surface area contributed by atoms with Crippen LogP contribution >= 0.6 is 0 Å². The molecule has 2 rings (SSSR count). The highest BCUT2D eigenvalue weighted by Crippen LogP contribution is 2.08. The van der Waals surface area contributed by atoms with E-state index in [1.165, 1.54) is 4.68 Å². The summed E-state index contributed by atoms with van der Waals surface area (Å²) in [5.74, 6) is -1.92. The molecule has 0 aromatic carbocycles. The van der Waals surface area contributed by atoms with Gasteiger partial charge in [0.15, 0.2) is 0 Å². The molecule has 2 heterocycles. The molecule has 0 saturated carbocycles. The van der Waals surface area contributed by atoms with Gasteiger partial charge in [-0.25, -0.2) is 4.79 Å². The largest absolute Gasteiger partial charge is 0.480 e. The van der Waals surface area contributed by atoms with Crippen LogP contribution in [0.3, 0.4) is 0 Å². The highest BCUT2D eigenvalue weighted by atomic mass is 16.4. The number of carbonyl (C=O) groups excluding carboxylic acids is 2. The number of piperazine rings is 1. The Morgan fingerprint density at radius 2 is 2.20 bits per heavy atom. The van der Waals surface area contributed by atoms with Crippen LogP contribution in [0.25, 0.3) is 0 Å². The van der Waals surface area contributed by atoms with Gasteiger partial charge in [-0.15, -0.1) is 0 Å². The quantitative estimate of drug-likeness (QED) is 0.732. The topological polar surface area (TPSA) is 105 Å². The summed E-state index contributed by atoms with van der Waals surface area (Å²) in [6, 6.07) is 0.794. The van der Waals surface area contributed by atoms with E-state index in [9.17, 15) is 14.4 Å². The minimum absolute atomic E-state index is 0.0724. The van der Waals surface area contributed by atoms with Gasteiger partial charge in [0, 0.05) is 12.2 Å². The van der Waals surface area contributed by atoms with Crippen LogP contribution in [-0.2, 0) is 20.9 Å². The first-order chi connectivity index (χ1) is 9.38. The zero-order valence-electron chi connectivity index (χ0n) is 11.3. The minimum Gasteiger partial charge on any atom is -0.480 e. The molecule has 1 saturated heterocycles. The average Bonchev–Trinajstić information content (AvgIpc) is 2.67. The van der Waals surface area contributed by atoms with Crippen LogP contribution in [0.1, 0.15) is 11.4 Å². The van der Waals surface area contributed by atoms with E-state index in [0.717, 1.165) is 16.3 Å². The first kappa shape index (κ1) is 14.0. The molecule has 108 valence electrons. The second-order valence-corrected chi connectivity index (χ2v) is 4.76. The molecule has 1 atom stereocenters. The Bertz CT molecular complexity index is 566. The molecule has 20 heavy (non-hydrogen) atoms. The molecule has 0 radical (unpaired) electrons.